The molecule has 1 atom stereocenters. The molecule has 1 saturated heterocycles. The average molecular weight is 284 g/mol. The van der Waals surface area contributed by atoms with Gasteiger partial charge in [-0.2, -0.15) is 0 Å². The molecular formula is C14H18ClNO3. The number of ether oxygens (including phenoxy) is 2. The van der Waals surface area contributed by atoms with Crippen molar-refractivity contribution in [3.05, 3.63) is 28.8 Å². The number of carbonyl (C=O) groups is 1. The number of hydrogen-bond donors (Lipinski definition) is 1. The third kappa shape index (κ3) is 3.85. The van der Waals surface area contributed by atoms with Crippen molar-refractivity contribution in [1.82, 2.24) is 5.32 Å². The molecule has 0 bridgehead atoms. The van der Waals surface area contributed by atoms with Crippen molar-refractivity contribution in [3.63, 3.8) is 0 Å². The Morgan fingerprint density at radius 2 is 2.42 bits per heavy atom. The maximum absolute atomic E-state index is 11.8. The Labute approximate surface area is 118 Å². The van der Waals surface area contributed by atoms with Crippen molar-refractivity contribution in [2.24, 2.45) is 5.92 Å². The van der Waals surface area contributed by atoms with E-state index in [1.165, 1.54) is 0 Å². The molecule has 1 fully saturated rings. The molecule has 1 aliphatic heterocycles. The highest BCUT2D eigenvalue weighted by Crippen LogP contribution is 2.25. The molecule has 104 valence electrons. The molecule has 0 unspecified atom stereocenters. The zero-order valence-corrected chi connectivity index (χ0v) is 11.7. The third-order valence-electron chi connectivity index (χ3n) is 3.06. The largest absolute Gasteiger partial charge is 0.492 e. The van der Waals surface area contributed by atoms with E-state index in [0.717, 1.165) is 12.0 Å². The summed E-state index contributed by atoms with van der Waals surface area (Å²) in [4.78, 5) is 11.8. The van der Waals surface area contributed by atoms with Crippen LogP contribution in [0.5, 0.6) is 5.75 Å². The summed E-state index contributed by atoms with van der Waals surface area (Å²) in [6.07, 6.45) is 0.801. The second-order valence-electron chi connectivity index (χ2n) is 4.48. The molecule has 0 saturated carbocycles. The highest BCUT2D eigenvalue weighted by molar-refractivity contribution is 6.32. The van der Waals surface area contributed by atoms with E-state index in [4.69, 9.17) is 21.1 Å². The fourth-order valence-electron chi connectivity index (χ4n) is 2.00. The number of nitrogens with one attached hydrogen (secondary N) is 1. The summed E-state index contributed by atoms with van der Waals surface area (Å²) in [5.74, 6) is 0.698. The summed E-state index contributed by atoms with van der Waals surface area (Å²) in [6.45, 7) is 4.16. The summed E-state index contributed by atoms with van der Waals surface area (Å²) in [5.41, 5.74) is 0.959. The van der Waals surface area contributed by atoms with Gasteiger partial charge in [-0.1, -0.05) is 17.7 Å². The van der Waals surface area contributed by atoms with E-state index in [0.29, 0.717) is 37.1 Å². The van der Waals surface area contributed by atoms with Crippen LogP contribution in [0.3, 0.4) is 0 Å². The Kier molecular flexibility index (Phi) is 5.05. The molecule has 1 aromatic carbocycles. The number of amides is 1. The molecule has 19 heavy (non-hydrogen) atoms. The van der Waals surface area contributed by atoms with Crippen LogP contribution in [0.25, 0.3) is 0 Å². The average Bonchev–Trinajstić information content (AvgIpc) is 2.93. The first-order valence-corrected chi connectivity index (χ1v) is 6.85. The quantitative estimate of drug-likeness (QED) is 0.903. The van der Waals surface area contributed by atoms with E-state index in [1.807, 2.05) is 25.1 Å². The fraction of sp³-hybridized carbons (Fsp3) is 0.500. The molecule has 0 aliphatic carbocycles. The molecule has 1 N–H and O–H groups in total. The minimum absolute atomic E-state index is 0.0156. The smallest absolute Gasteiger partial charge is 0.225 e. The normalized spacial score (nSPS) is 18.3. The van der Waals surface area contributed by atoms with Gasteiger partial charge in [0, 0.05) is 13.2 Å². The molecule has 1 aromatic rings. The van der Waals surface area contributed by atoms with Crippen LogP contribution < -0.4 is 10.1 Å². The number of rotatable bonds is 5. The van der Waals surface area contributed by atoms with Gasteiger partial charge < -0.3 is 14.8 Å². The van der Waals surface area contributed by atoms with E-state index in [9.17, 15) is 4.79 Å². The summed E-state index contributed by atoms with van der Waals surface area (Å²) >= 11 is 6.09. The van der Waals surface area contributed by atoms with Gasteiger partial charge in [0.2, 0.25) is 5.91 Å². The Morgan fingerprint density at radius 3 is 3.05 bits per heavy atom. The maximum atomic E-state index is 11.8. The highest BCUT2D eigenvalue weighted by Gasteiger charge is 2.22. The predicted octanol–water partition coefficient (Wildman–Crippen LogP) is 2.39. The van der Waals surface area contributed by atoms with Crippen LogP contribution >= 0.6 is 11.6 Å². The number of carbonyl (C=O) groups excluding carboxylic acids is 1. The van der Waals surface area contributed by atoms with Gasteiger partial charge in [-0.3, -0.25) is 4.79 Å². The second-order valence-corrected chi connectivity index (χ2v) is 4.88. The van der Waals surface area contributed by atoms with Crippen molar-refractivity contribution in [2.45, 2.75) is 19.9 Å². The van der Waals surface area contributed by atoms with E-state index in [1.54, 1.807) is 0 Å². The van der Waals surface area contributed by atoms with Gasteiger partial charge in [-0.05, 0) is 31.0 Å². The summed E-state index contributed by atoms with van der Waals surface area (Å²) in [5, 5.41) is 3.47. The summed E-state index contributed by atoms with van der Waals surface area (Å²) in [6, 6.07) is 5.55. The fourth-order valence-corrected chi connectivity index (χ4v) is 2.26. The summed E-state index contributed by atoms with van der Waals surface area (Å²) in [7, 11) is 0. The molecule has 0 radical (unpaired) electrons. The van der Waals surface area contributed by atoms with Gasteiger partial charge in [-0.25, -0.2) is 0 Å². The van der Waals surface area contributed by atoms with Crippen molar-refractivity contribution in [1.29, 1.82) is 0 Å². The molecule has 0 aromatic heterocycles. The lowest BCUT2D eigenvalue weighted by molar-refractivity contribution is -0.125. The van der Waals surface area contributed by atoms with Crippen LogP contribution in [0, 0.1) is 5.92 Å². The van der Waals surface area contributed by atoms with Crippen LogP contribution in [-0.2, 0) is 16.1 Å². The Bertz CT molecular complexity index is 444. The van der Waals surface area contributed by atoms with Gasteiger partial charge in [0.1, 0.15) is 5.75 Å². The monoisotopic (exact) mass is 283 g/mol. The van der Waals surface area contributed by atoms with Crippen LogP contribution in [0.2, 0.25) is 5.02 Å². The molecule has 4 nitrogen and oxygen atoms in total. The molecule has 1 amide bonds. The molecule has 5 heteroatoms. The SMILES string of the molecule is CCOc1ccc(CNC(=O)[C@@H]2CCOC2)cc1Cl. The maximum Gasteiger partial charge on any atom is 0.225 e. The number of hydrogen-bond acceptors (Lipinski definition) is 3. The van der Waals surface area contributed by atoms with Crippen LogP contribution in [-0.4, -0.2) is 25.7 Å². The molecule has 2 rings (SSSR count). The topological polar surface area (TPSA) is 47.6 Å². The first-order chi connectivity index (χ1) is 9.20. The van der Waals surface area contributed by atoms with Gasteiger partial charge in [-0.15, -0.1) is 0 Å². The van der Waals surface area contributed by atoms with E-state index in [-0.39, 0.29) is 11.8 Å². The zero-order chi connectivity index (χ0) is 13.7. The first kappa shape index (κ1) is 14.2. The second kappa shape index (κ2) is 6.78. The predicted molar refractivity (Wildman–Crippen MR) is 73.4 cm³/mol. The molecule has 0 spiro atoms. The lowest BCUT2D eigenvalue weighted by atomic mass is 10.1. The van der Waals surface area contributed by atoms with Crippen molar-refractivity contribution in [3.8, 4) is 5.75 Å². The first-order valence-electron chi connectivity index (χ1n) is 6.47. The van der Waals surface area contributed by atoms with Gasteiger partial charge >= 0.3 is 0 Å². The van der Waals surface area contributed by atoms with Crippen LogP contribution in [0.1, 0.15) is 18.9 Å². The van der Waals surface area contributed by atoms with Crippen LogP contribution in [0.4, 0.5) is 0 Å². The lowest BCUT2D eigenvalue weighted by Crippen LogP contribution is -2.30. The number of benzene rings is 1. The molecular weight excluding hydrogens is 266 g/mol. The van der Waals surface area contributed by atoms with Gasteiger partial charge in [0.05, 0.1) is 24.2 Å². The third-order valence-corrected chi connectivity index (χ3v) is 3.36. The summed E-state index contributed by atoms with van der Waals surface area (Å²) < 4.78 is 10.6. The van der Waals surface area contributed by atoms with Gasteiger partial charge in [0.15, 0.2) is 0 Å². The van der Waals surface area contributed by atoms with E-state index in [2.05, 4.69) is 5.32 Å². The minimum atomic E-state index is -0.0156. The van der Waals surface area contributed by atoms with Crippen molar-refractivity contribution in [2.75, 3.05) is 19.8 Å². The lowest BCUT2D eigenvalue weighted by Gasteiger charge is -2.11. The van der Waals surface area contributed by atoms with Gasteiger partial charge in [0.25, 0.3) is 0 Å². The Hall–Kier alpha value is -1.26. The van der Waals surface area contributed by atoms with Crippen molar-refractivity contribution >= 4 is 17.5 Å². The highest BCUT2D eigenvalue weighted by atomic mass is 35.5. The minimum Gasteiger partial charge on any atom is -0.492 e. The molecule has 1 aliphatic rings. The van der Waals surface area contributed by atoms with Crippen LogP contribution in [0.15, 0.2) is 18.2 Å². The molecule has 1 heterocycles. The van der Waals surface area contributed by atoms with E-state index >= 15 is 0 Å². The Morgan fingerprint density at radius 1 is 1.58 bits per heavy atom. The van der Waals surface area contributed by atoms with E-state index < -0.39 is 0 Å². The number of halogens is 1. The Balaban J connectivity index is 1.88. The van der Waals surface area contributed by atoms with Crippen molar-refractivity contribution < 1.29 is 14.3 Å². The zero-order valence-electron chi connectivity index (χ0n) is 10.9. The standard InChI is InChI=1S/C14H18ClNO3/c1-2-19-13-4-3-10(7-12(13)15)8-16-14(17)11-5-6-18-9-11/h3-4,7,11H,2,5-6,8-9H2,1H3,(H,16,17)/t11-/m1/s1.